The van der Waals surface area contributed by atoms with E-state index >= 15 is 0 Å². The maximum absolute atomic E-state index is 6.63. The Labute approximate surface area is 335 Å². The summed E-state index contributed by atoms with van der Waals surface area (Å²) in [7, 11) is 0. The average Bonchev–Trinajstić information content (AvgIpc) is 3.86. The van der Waals surface area contributed by atoms with Crippen molar-refractivity contribution in [2.45, 2.75) is 0 Å². The van der Waals surface area contributed by atoms with Crippen LogP contribution in [0.1, 0.15) is 0 Å². The van der Waals surface area contributed by atoms with E-state index in [0.717, 1.165) is 55.6 Å². The normalized spacial score (nSPS) is 11.5. The minimum atomic E-state index is 0.888. The number of anilines is 3. The minimum absolute atomic E-state index is 0.888. The van der Waals surface area contributed by atoms with Gasteiger partial charge in [0, 0.05) is 48.7 Å². The molecule has 0 saturated heterocycles. The highest BCUT2D eigenvalue weighted by atomic mass is 32.1. The van der Waals surface area contributed by atoms with Crippen LogP contribution in [0.15, 0.2) is 217 Å². The van der Waals surface area contributed by atoms with Gasteiger partial charge in [0.1, 0.15) is 11.2 Å². The van der Waals surface area contributed by atoms with Crippen LogP contribution in [0, 0.1) is 0 Å². The Bertz CT molecular complexity index is 3200. The number of para-hydroxylation sites is 1. The molecule has 11 aromatic rings. The fraction of sp³-hybridized carbons (Fsp3) is 0. The van der Waals surface area contributed by atoms with Crippen molar-refractivity contribution in [1.29, 1.82) is 0 Å². The Hall–Kier alpha value is -7.20. The third-order valence-corrected chi connectivity index (χ3v) is 12.3. The van der Waals surface area contributed by atoms with Crippen LogP contribution in [0.5, 0.6) is 0 Å². The number of benzene rings is 9. The van der Waals surface area contributed by atoms with E-state index in [1.54, 1.807) is 0 Å². The molecule has 9 aromatic carbocycles. The van der Waals surface area contributed by atoms with E-state index in [1.807, 2.05) is 17.4 Å². The van der Waals surface area contributed by atoms with Gasteiger partial charge in [-0.25, -0.2) is 0 Å². The van der Waals surface area contributed by atoms with Crippen molar-refractivity contribution in [3.05, 3.63) is 212 Å². The Morgan fingerprint density at radius 3 is 1.56 bits per heavy atom. The second kappa shape index (κ2) is 13.8. The van der Waals surface area contributed by atoms with E-state index in [0.29, 0.717) is 0 Å². The van der Waals surface area contributed by atoms with Gasteiger partial charge in [0.2, 0.25) is 0 Å². The number of fused-ring (bicyclic) bond motifs is 6. The van der Waals surface area contributed by atoms with E-state index < -0.39 is 0 Å². The molecular formula is C54H35NOS. The number of thiophene rings is 1. The first-order valence-electron chi connectivity index (χ1n) is 19.3. The van der Waals surface area contributed by atoms with Crippen molar-refractivity contribution in [3.63, 3.8) is 0 Å². The number of hydrogen-bond donors (Lipinski definition) is 0. The van der Waals surface area contributed by atoms with E-state index in [9.17, 15) is 0 Å². The van der Waals surface area contributed by atoms with E-state index in [2.05, 4.69) is 211 Å². The topological polar surface area (TPSA) is 16.4 Å². The van der Waals surface area contributed by atoms with Crippen LogP contribution < -0.4 is 4.90 Å². The smallest absolute Gasteiger partial charge is 0.143 e. The van der Waals surface area contributed by atoms with Crippen LogP contribution in [-0.4, -0.2) is 0 Å². The largest absolute Gasteiger partial charge is 0.455 e. The molecule has 2 nitrogen and oxygen atoms in total. The van der Waals surface area contributed by atoms with E-state index in [-0.39, 0.29) is 0 Å². The number of furan rings is 1. The monoisotopic (exact) mass is 745 g/mol. The van der Waals surface area contributed by atoms with Crippen molar-refractivity contribution in [2.75, 3.05) is 4.90 Å². The molecule has 268 valence electrons. The Morgan fingerprint density at radius 1 is 0.351 bits per heavy atom. The zero-order chi connectivity index (χ0) is 37.7. The molecule has 11 rings (SSSR count). The van der Waals surface area contributed by atoms with Gasteiger partial charge in [-0.1, -0.05) is 170 Å². The van der Waals surface area contributed by atoms with Gasteiger partial charge in [0.05, 0.1) is 10.4 Å². The molecule has 0 atom stereocenters. The molecule has 0 N–H and O–H groups in total. The predicted molar refractivity (Wildman–Crippen MR) is 243 cm³/mol. The number of rotatable bonds is 7. The van der Waals surface area contributed by atoms with E-state index in [1.165, 1.54) is 48.1 Å². The lowest BCUT2D eigenvalue weighted by atomic mass is 9.98. The van der Waals surface area contributed by atoms with Crippen molar-refractivity contribution in [1.82, 2.24) is 0 Å². The van der Waals surface area contributed by atoms with Crippen LogP contribution in [0.25, 0.3) is 86.6 Å². The molecule has 0 aliphatic heterocycles. The predicted octanol–water partition coefficient (Wildman–Crippen LogP) is 16.1. The van der Waals surface area contributed by atoms with Crippen LogP contribution >= 0.6 is 11.3 Å². The van der Waals surface area contributed by atoms with Gasteiger partial charge < -0.3 is 9.32 Å². The minimum Gasteiger partial charge on any atom is -0.455 e. The standard InChI is InChI=1S/C54H35NOS/c1-4-13-36(14-5-1)37-23-28-42(29-24-37)55(52-44(39-15-6-2-7-16-39)33-34-49-47-19-10-11-22-51(47)57-54(49)52)43-30-25-38(26-31-43)41-27-32-46-48-21-12-20-45(40-17-8-3-9-18-40)53(48)56-50(46)35-41/h1-35H. The third-order valence-electron chi connectivity index (χ3n) is 11.1. The molecule has 0 radical (unpaired) electrons. The molecule has 57 heavy (non-hydrogen) atoms. The molecular weight excluding hydrogens is 711 g/mol. The summed E-state index contributed by atoms with van der Waals surface area (Å²) in [5.74, 6) is 0. The van der Waals surface area contributed by atoms with Crippen molar-refractivity contribution < 1.29 is 4.42 Å². The molecule has 2 heterocycles. The summed E-state index contributed by atoms with van der Waals surface area (Å²) >= 11 is 1.86. The molecule has 0 saturated carbocycles. The molecule has 2 aromatic heterocycles. The van der Waals surface area contributed by atoms with Crippen LogP contribution in [-0.2, 0) is 0 Å². The van der Waals surface area contributed by atoms with Crippen LogP contribution in [0.2, 0.25) is 0 Å². The first-order valence-corrected chi connectivity index (χ1v) is 20.1. The van der Waals surface area contributed by atoms with Gasteiger partial charge in [-0.05, 0) is 75.8 Å². The van der Waals surface area contributed by atoms with Gasteiger partial charge >= 0.3 is 0 Å². The lowest BCUT2D eigenvalue weighted by Crippen LogP contribution is -2.11. The van der Waals surface area contributed by atoms with E-state index in [4.69, 9.17) is 4.42 Å². The molecule has 0 bridgehead atoms. The highest BCUT2D eigenvalue weighted by molar-refractivity contribution is 7.26. The Morgan fingerprint density at radius 2 is 0.877 bits per heavy atom. The average molecular weight is 746 g/mol. The van der Waals surface area contributed by atoms with Gasteiger partial charge in [-0.2, -0.15) is 0 Å². The SMILES string of the molecule is c1ccc(-c2ccc(N(c3ccc(-c4ccc5c(c4)oc4c(-c6ccccc6)cccc45)cc3)c3c(-c4ccccc4)ccc4c3sc3ccccc34)cc2)cc1. The molecule has 0 spiro atoms. The van der Waals surface area contributed by atoms with Crippen molar-refractivity contribution in [3.8, 4) is 44.5 Å². The fourth-order valence-corrected chi connectivity index (χ4v) is 9.55. The van der Waals surface area contributed by atoms with Crippen molar-refractivity contribution in [2.24, 2.45) is 0 Å². The lowest BCUT2D eigenvalue weighted by molar-refractivity contribution is 0.670. The molecule has 0 aliphatic carbocycles. The molecule has 0 aliphatic rings. The first-order chi connectivity index (χ1) is 28.3. The van der Waals surface area contributed by atoms with Crippen LogP contribution in [0.3, 0.4) is 0 Å². The highest BCUT2D eigenvalue weighted by Crippen LogP contribution is 2.50. The quantitative estimate of drug-likeness (QED) is 0.162. The van der Waals surface area contributed by atoms with Gasteiger partial charge in [-0.3, -0.25) is 0 Å². The van der Waals surface area contributed by atoms with Crippen LogP contribution in [0.4, 0.5) is 17.1 Å². The lowest BCUT2D eigenvalue weighted by Gasteiger charge is -2.29. The second-order valence-corrected chi connectivity index (χ2v) is 15.5. The highest BCUT2D eigenvalue weighted by Gasteiger charge is 2.23. The summed E-state index contributed by atoms with van der Waals surface area (Å²) in [5.41, 5.74) is 14.4. The Kier molecular flexibility index (Phi) is 8.04. The Balaban J connectivity index is 1.07. The molecule has 0 unspecified atom stereocenters. The second-order valence-electron chi connectivity index (χ2n) is 14.5. The maximum atomic E-state index is 6.63. The summed E-state index contributed by atoms with van der Waals surface area (Å²) in [5, 5.41) is 4.80. The summed E-state index contributed by atoms with van der Waals surface area (Å²) in [6, 6.07) is 76.3. The summed E-state index contributed by atoms with van der Waals surface area (Å²) < 4.78 is 9.18. The number of hydrogen-bond acceptors (Lipinski definition) is 3. The summed E-state index contributed by atoms with van der Waals surface area (Å²) in [6.07, 6.45) is 0. The molecule has 0 fully saturated rings. The summed E-state index contributed by atoms with van der Waals surface area (Å²) in [4.78, 5) is 2.45. The van der Waals surface area contributed by atoms with Gasteiger partial charge in [-0.15, -0.1) is 11.3 Å². The van der Waals surface area contributed by atoms with Gasteiger partial charge in [0.15, 0.2) is 0 Å². The zero-order valence-electron chi connectivity index (χ0n) is 31.0. The zero-order valence-corrected chi connectivity index (χ0v) is 31.8. The first kappa shape index (κ1) is 33.2. The maximum Gasteiger partial charge on any atom is 0.143 e. The number of nitrogens with zero attached hydrogens (tertiary/aromatic N) is 1. The van der Waals surface area contributed by atoms with Crippen molar-refractivity contribution >= 4 is 70.5 Å². The van der Waals surface area contributed by atoms with Gasteiger partial charge in [0.25, 0.3) is 0 Å². The third kappa shape index (κ3) is 5.80. The fourth-order valence-electron chi connectivity index (χ4n) is 8.31. The summed E-state index contributed by atoms with van der Waals surface area (Å²) in [6.45, 7) is 0. The molecule has 3 heteroatoms. The molecule has 0 amide bonds.